The van der Waals surface area contributed by atoms with Crippen molar-refractivity contribution >= 4 is 0 Å². The molecule has 2 fully saturated rings. The van der Waals surface area contributed by atoms with Crippen LogP contribution in [0.15, 0.2) is 9.97 Å². The van der Waals surface area contributed by atoms with E-state index in [0.717, 1.165) is 38.5 Å². The molecule has 8 heteroatoms. The molecule has 0 aliphatic carbocycles. The molecule has 2 saturated heterocycles. The van der Waals surface area contributed by atoms with Crippen LogP contribution in [0, 0.1) is 11.8 Å². The summed E-state index contributed by atoms with van der Waals surface area (Å²) in [5.74, 6) is 0.605. The van der Waals surface area contributed by atoms with E-state index in [1.807, 2.05) is 0 Å². The molecule has 2 aliphatic rings. The highest BCUT2D eigenvalue weighted by molar-refractivity contribution is 5.26. The van der Waals surface area contributed by atoms with Gasteiger partial charge in [-0.2, -0.15) is 4.91 Å². The molecule has 3 heterocycles. The van der Waals surface area contributed by atoms with Crippen molar-refractivity contribution in [2.24, 2.45) is 5.18 Å². The zero-order valence-corrected chi connectivity index (χ0v) is 14.5. The molecule has 1 aromatic rings. The summed E-state index contributed by atoms with van der Waals surface area (Å²) in [5, 5.41) is 3.24. The SMILES string of the molecule is Cc1nc(CC(N=O)C2CCCCO2)c(OC2CCCCO2)c(=O)[nH]1. The number of nitrogens with zero attached hydrogens (tertiary/aromatic N) is 2. The number of aryl methyl sites for hydroxylation is 1. The van der Waals surface area contributed by atoms with E-state index in [-0.39, 0.29) is 23.8 Å². The van der Waals surface area contributed by atoms with Gasteiger partial charge in [0, 0.05) is 19.4 Å². The third-order valence-electron chi connectivity index (χ3n) is 4.63. The zero-order chi connectivity index (χ0) is 17.6. The number of ether oxygens (including phenoxy) is 3. The summed E-state index contributed by atoms with van der Waals surface area (Å²) in [4.78, 5) is 30.8. The van der Waals surface area contributed by atoms with E-state index < -0.39 is 12.3 Å². The molecule has 0 bridgehead atoms. The molecule has 3 unspecified atom stereocenters. The van der Waals surface area contributed by atoms with E-state index in [0.29, 0.717) is 24.7 Å². The number of hydrogen-bond donors (Lipinski definition) is 1. The highest BCUT2D eigenvalue weighted by Gasteiger charge is 2.29. The number of aromatic amines is 1. The van der Waals surface area contributed by atoms with Crippen LogP contribution >= 0.6 is 0 Å². The van der Waals surface area contributed by atoms with Gasteiger partial charge in [0.2, 0.25) is 5.75 Å². The second-order valence-electron chi connectivity index (χ2n) is 6.62. The highest BCUT2D eigenvalue weighted by atomic mass is 16.7. The van der Waals surface area contributed by atoms with Crippen molar-refractivity contribution < 1.29 is 14.2 Å². The second kappa shape index (κ2) is 8.53. The van der Waals surface area contributed by atoms with Crippen molar-refractivity contribution in [1.29, 1.82) is 0 Å². The van der Waals surface area contributed by atoms with Crippen LogP contribution in [0.1, 0.15) is 50.0 Å². The Morgan fingerprint density at radius 3 is 2.64 bits per heavy atom. The lowest BCUT2D eigenvalue weighted by atomic mass is 9.98. The Bertz CT molecular complexity index is 636. The zero-order valence-electron chi connectivity index (χ0n) is 14.5. The van der Waals surface area contributed by atoms with Crippen molar-refractivity contribution in [2.75, 3.05) is 13.2 Å². The van der Waals surface area contributed by atoms with Gasteiger partial charge >= 0.3 is 0 Å². The van der Waals surface area contributed by atoms with E-state index >= 15 is 0 Å². The highest BCUT2D eigenvalue weighted by Crippen LogP contribution is 2.24. The summed E-state index contributed by atoms with van der Waals surface area (Å²) in [6, 6.07) is -0.580. The Kier molecular flexibility index (Phi) is 6.14. The van der Waals surface area contributed by atoms with Crippen LogP contribution in [0.4, 0.5) is 0 Å². The van der Waals surface area contributed by atoms with Gasteiger partial charge in [-0.1, -0.05) is 5.18 Å². The van der Waals surface area contributed by atoms with Gasteiger partial charge in [0.05, 0.1) is 18.4 Å². The summed E-state index contributed by atoms with van der Waals surface area (Å²) in [6.45, 7) is 2.95. The predicted molar refractivity (Wildman–Crippen MR) is 90.7 cm³/mol. The minimum atomic E-state index is -0.580. The lowest BCUT2D eigenvalue weighted by Gasteiger charge is -2.27. The van der Waals surface area contributed by atoms with Gasteiger partial charge in [0.1, 0.15) is 11.9 Å². The first-order valence-electron chi connectivity index (χ1n) is 8.99. The van der Waals surface area contributed by atoms with Gasteiger partial charge in [0.15, 0.2) is 6.29 Å². The number of aromatic nitrogens is 2. The average molecular weight is 351 g/mol. The van der Waals surface area contributed by atoms with Gasteiger partial charge in [-0.3, -0.25) is 4.79 Å². The Morgan fingerprint density at radius 2 is 2.00 bits per heavy atom. The molecular formula is C17H25N3O5. The van der Waals surface area contributed by atoms with Crippen LogP contribution in [-0.4, -0.2) is 41.6 Å². The minimum Gasteiger partial charge on any atom is -0.457 e. The Balaban J connectivity index is 1.80. The van der Waals surface area contributed by atoms with E-state index in [2.05, 4.69) is 15.1 Å². The Hall–Kier alpha value is -1.80. The first-order valence-corrected chi connectivity index (χ1v) is 8.99. The fourth-order valence-corrected chi connectivity index (χ4v) is 3.33. The summed E-state index contributed by atoms with van der Waals surface area (Å²) < 4.78 is 17.0. The number of nitrogens with one attached hydrogen (secondary N) is 1. The smallest absolute Gasteiger partial charge is 0.293 e. The van der Waals surface area contributed by atoms with E-state index in [4.69, 9.17) is 14.2 Å². The van der Waals surface area contributed by atoms with Gasteiger partial charge in [-0.25, -0.2) is 4.98 Å². The van der Waals surface area contributed by atoms with Crippen molar-refractivity contribution in [2.45, 2.75) is 70.3 Å². The van der Waals surface area contributed by atoms with Gasteiger partial charge in [-0.15, -0.1) is 0 Å². The minimum absolute atomic E-state index is 0.127. The molecule has 0 radical (unpaired) electrons. The van der Waals surface area contributed by atoms with Gasteiger partial charge < -0.3 is 19.2 Å². The Labute approximate surface area is 146 Å². The molecule has 138 valence electrons. The molecule has 1 aromatic heterocycles. The summed E-state index contributed by atoms with van der Waals surface area (Å²) >= 11 is 0. The standard InChI is InChI=1S/C17H25N3O5/c1-11-18-13(10-12(20-22)14-6-2-4-8-23-14)16(17(21)19-11)25-15-7-3-5-9-24-15/h12,14-15H,2-10H2,1H3,(H,18,19,21). The first-order chi connectivity index (χ1) is 12.2. The van der Waals surface area contributed by atoms with E-state index in [1.165, 1.54) is 0 Å². The fourth-order valence-electron chi connectivity index (χ4n) is 3.33. The maximum atomic E-state index is 12.4. The average Bonchev–Trinajstić information content (AvgIpc) is 2.64. The van der Waals surface area contributed by atoms with Crippen LogP contribution in [0.25, 0.3) is 0 Å². The molecule has 1 N–H and O–H groups in total. The maximum absolute atomic E-state index is 12.4. The monoisotopic (exact) mass is 351 g/mol. The molecular weight excluding hydrogens is 326 g/mol. The molecule has 8 nitrogen and oxygen atoms in total. The van der Waals surface area contributed by atoms with Crippen LogP contribution in [0.5, 0.6) is 5.75 Å². The summed E-state index contributed by atoms with van der Waals surface area (Å²) in [5.41, 5.74) is 0.0834. The second-order valence-corrected chi connectivity index (χ2v) is 6.62. The first kappa shape index (κ1) is 18.0. The molecule has 3 rings (SSSR count). The summed E-state index contributed by atoms with van der Waals surface area (Å²) in [6.07, 6.45) is 5.06. The number of rotatable bonds is 6. The fraction of sp³-hybridized carbons (Fsp3) is 0.765. The molecule has 0 aromatic carbocycles. The lowest BCUT2D eigenvalue weighted by molar-refractivity contribution is -0.107. The predicted octanol–water partition coefficient (Wildman–Crippen LogP) is 2.23. The van der Waals surface area contributed by atoms with Gasteiger partial charge in [-0.05, 0) is 39.0 Å². The number of H-pyrrole nitrogens is 1. The lowest BCUT2D eigenvalue weighted by Crippen LogP contribution is -2.34. The van der Waals surface area contributed by atoms with Gasteiger partial charge in [0.25, 0.3) is 5.56 Å². The van der Waals surface area contributed by atoms with E-state index in [9.17, 15) is 9.70 Å². The van der Waals surface area contributed by atoms with E-state index in [1.54, 1.807) is 6.92 Å². The van der Waals surface area contributed by atoms with Crippen molar-refractivity contribution in [3.05, 3.63) is 26.8 Å². The molecule has 0 spiro atoms. The summed E-state index contributed by atoms with van der Waals surface area (Å²) in [7, 11) is 0. The molecule has 3 atom stereocenters. The number of nitroso groups, excluding NO2 is 1. The van der Waals surface area contributed by atoms with Crippen LogP contribution < -0.4 is 10.3 Å². The largest absolute Gasteiger partial charge is 0.457 e. The molecule has 2 aliphatic heterocycles. The molecule has 0 amide bonds. The van der Waals surface area contributed by atoms with Crippen LogP contribution in [0.2, 0.25) is 0 Å². The molecule has 25 heavy (non-hydrogen) atoms. The number of hydrogen-bond acceptors (Lipinski definition) is 7. The van der Waals surface area contributed by atoms with Crippen LogP contribution in [-0.2, 0) is 15.9 Å². The maximum Gasteiger partial charge on any atom is 0.293 e. The van der Waals surface area contributed by atoms with Crippen molar-refractivity contribution in [3.63, 3.8) is 0 Å². The normalized spacial score (nSPS) is 25.3. The Morgan fingerprint density at radius 1 is 1.24 bits per heavy atom. The third kappa shape index (κ3) is 4.64. The van der Waals surface area contributed by atoms with Crippen molar-refractivity contribution in [1.82, 2.24) is 9.97 Å². The third-order valence-corrected chi connectivity index (χ3v) is 4.63. The van der Waals surface area contributed by atoms with Crippen molar-refractivity contribution in [3.8, 4) is 5.75 Å². The molecule has 0 saturated carbocycles. The quantitative estimate of drug-likeness (QED) is 0.788. The van der Waals surface area contributed by atoms with Crippen LogP contribution in [0.3, 0.4) is 0 Å². The topological polar surface area (TPSA) is 103 Å².